The van der Waals surface area contributed by atoms with E-state index in [-0.39, 0.29) is 29.5 Å². The Hall–Kier alpha value is -2.71. The molecule has 1 aliphatic carbocycles. The third-order valence-electron chi connectivity index (χ3n) is 6.49. The average Bonchev–Trinajstić information content (AvgIpc) is 3.27. The fraction of sp³-hybridized carbons (Fsp3) is 0.480. The van der Waals surface area contributed by atoms with E-state index in [1.807, 2.05) is 29.2 Å². The Morgan fingerprint density at radius 3 is 2.36 bits per heavy atom. The standard InChI is InChI=1S/C25H30F2N2O4/c1-31-20-8-4-18(5-9-20)22-14-19(15-23(22)24(30)29-10-12-32-13-11-29)28-16-17-2-6-21(7-3-17)33-25(26)27/h2-9,19,22-23,25,28H,10-16H2,1H3/t19-,22+,23-/m0/s1. The lowest BCUT2D eigenvalue weighted by molar-refractivity contribution is -0.140. The molecular formula is C25H30F2N2O4. The summed E-state index contributed by atoms with van der Waals surface area (Å²) in [5, 5.41) is 3.56. The van der Waals surface area contributed by atoms with Crippen LogP contribution in [0.25, 0.3) is 0 Å². The van der Waals surface area contributed by atoms with E-state index in [9.17, 15) is 13.6 Å². The lowest BCUT2D eigenvalue weighted by atomic mass is 9.88. The molecule has 2 aliphatic rings. The second kappa shape index (κ2) is 10.9. The lowest BCUT2D eigenvalue weighted by Crippen LogP contribution is -2.44. The first-order valence-electron chi connectivity index (χ1n) is 11.3. The minimum Gasteiger partial charge on any atom is -0.497 e. The molecule has 1 aliphatic heterocycles. The second-order valence-corrected chi connectivity index (χ2v) is 8.50. The van der Waals surface area contributed by atoms with Crippen LogP contribution in [0, 0.1) is 5.92 Å². The zero-order valence-corrected chi connectivity index (χ0v) is 18.7. The topological polar surface area (TPSA) is 60.0 Å². The van der Waals surface area contributed by atoms with Gasteiger partial charge in [-0.3, -0.25) is 4.79 Å². The summed E-state index contributed by atoms with van der Waals surface area (Å²) in [7, 11) is 1.64. The van der Waals surface area contributed by atoms with Crippen LogP contribution in [-0.2, 0) is 16.1 Å². The number of nitrogens with zero attached hydrogens (tertiary/aromatic N) is 1. The number of halogens is 2. The molecule has 1 saturated heterocycles. The molecule has 1 saturated carbocycles. The molecule has 1 amide bonds. The molecule has 2 aromatic carbocycles. The molecule has 1 heterocycles. The number of alkyl halides is 2. The summed E-state index contributed by atoms with van der Waals surface area (Å²) in [4.78, 5) is 15.3. The largest absolute Gasteiger partial charge is 0.497 e. The minimum atomic E-state index is -2.83. The number of rotatable bonds is 8. The maximum Gasteiger partial charge on any atom is 0.387 e. The molecule has 0 unspecified atom stereocenters. The van der Waals surface area contributed by atoms with Crippen molar-refractivity contribution in [1.82, 2.24) is 10.2 Å². The van der Waals surface area contributed by atoms with Crippen LogP contribution < -0.4 is 14.8 Å². The number of amides is 1. The fourth-order valence-electron chi connectivity index (χ4n) is 4.77. The zero-order valence-electron chi connectivity index (χ0n) is 18.7. The average molecular weight is 461 g/mol. The van der Waals surface area contributed by atoms with Crippen LogP contribution in [0.2, 0.25) is 0 Å². The first-order valence-corrected chi connectivity index (χ1v) is 11.3. The maximum absolute atomic E-state index is 13.4. The Balaban J connectivity index is 1.43. The van der Waals surface area contributed by atoms with Crippen molar-refractivity contribution in [1.29, 1.82) is 0 Å². The van der Waals surface area contributed by atoms with Gasteiger partial charge in [-0.2, -0.15) is 8.78 Å². The monoisotopic (exact) mass is 460 g/mol. The Labute approximate surface area is 192 Å². The summed E-state index contributed by atoms with van der Waals surface area (Å²) in [5.41, 5.74) is 2.11. The molecule has 33 heavy (non-hydrogen) atoms. The molecule has 2 aromatic rings. The quantitative estimate of drug-likeness (QED) is 0.649. The van der Waals surface area contributed by atoms with Gasteiger partial charge in [0, 0.05) is 31.6 Å². The van der Waals surface area contributed by atoms with Gasteiger partial charge in [-0.15, -0.1) is 0 Å². The van der Waals surface area contributed by atoms with Crippen molar-refractivity contribution in [3.05, 3.63) is 59.7 Å². The van der Waals surface area contributed by atoms with Crippen LogP contribution in [0.3, 0.4) is 0 Å². The number of ether oxygens (including phenoxy) is 3. The number of carbonyl (C=O) groups excluding carboxylic acids is 1. The van der Waals surface area contributed by atoms with Gasteiger partial charge in [-0.05, 0) is 54.2 Å². The van der Waals surface area contributed by atoms with Crippen molar-refractivity contribution in [3.8, 4) is 11.5 Å². The number of benzene rings is 2. The van der Waals surface area contributed by atoms with Gasteiger partial charge in [-0.1, -0.05) is 24.3 Å². The number of carbonyl (C=O) groups is 1. The number of hydrogen-bond donors (Lipinski definition) is 1. The van der Waals surface area contributed by atoms with Crippen molar-refractivity contribution in [2.24, 2.45) is 5.92 Å². The molecule has 0 aromatic heterocycles. The van der Waals surface area contributed by atoms with Gasteiger partial charge in [0.2, 0.25) is 5.91 Å². The first kappa shape index (κ1) is 23.4. The van der Waals surface area contributed by atoms with Gasteiger partial charge in [-0.25, -0.2) is 0 Å². The maximum atomic E-state index is 13.4. The summed E-state index contributed by atoms with van der Waals surface area (Å²) in [6.07, 6.45) is 1.60. The highest BCUT2D eigenvalue weighted by atomic mass is 19.3. The molecule has 0 spiro atoms. The molecular weight excluding hydrogens is 430 g/mol. The van der Waals surface area contributed by atoms with E-state index in [0.717, 1.165) is 29.7 Å². The predicted octanol–water partition coefficient (Wildman–Crippen LogP) is 3.81. The normalized spacial score (nSPS) is 23.0. The summed E-state index contributed by atoms with van der Waals surface area (Å²) in [6, 6.07) is 14.8. The van der Waals surface area contributed by atoms with Crippen LogP contribution in [-0.4, -0.2) is 56.9 Å². The summed E-state index contributed by atoms with van der Waals surface area (Å²) in [5.74, 6) is 1.14. The van der Waals surface area contributed by atoms with E-state index in [4.69, 9.17) is 9.47 Å². The van der Waals surface area contributed by atoms with Gasteiger partial charge < -0.3 is 24.4 Å². The molecule has 3 atom stereocenters. The van der Waals surface area contributed by atoms with E-state index >= 15 is 0 Å². The van der Waals surface area contributed by atoms with Gasteiger partial charge >= 0.3 is 6.61 Å². The highest BCUT2D eigenvalue weighted by molar-refractivity contribution is 5.80. The predicted molar refractivity (Wildman–Crippen MR) is 120 cm³/mol. The summed E-state index contributed by atoms with van der Waals surface area (Å²) in [6.45, 7) is 0.194. The Morgan fingerprint density at radius 1 is 1.06 bits per heavy atom. The molecule has 6 nitrogen and oxygen atoms in total. The van der Waals surface area contributed by atoms with Gasteiger partial charge in [0.25, 0.3) is 0 Å². The van der Waals surface area contributed by atoms with E-state index in [2.05, 4.69) is 10.1 Å². The van der Waals surface area contributed by atoms with Gasteiger partial charge in [0.1, 0.15) is 11.5 Å². The molecule has 1 N–H and O–H groups in total. The van der Waals surface area contributed by atoms with Gasteiger partial charge in [0.15, 0.2) is 0 Å². The zero-order chi connectivity index (χ0) is 23.2. The van der Waals surface area contributed by atoms with E-state index < -0.39 is 6.61 Å². The van der Waals surface area contributed by atoms with Crippen LogP contribution in [0.4, 0.5) is 8.78 Å². The highest BCUT2D eigenvalue weighted by Gasteiger charge is 2.41. The van der Waals surface area contributed by atoms with Crippen molar-refractivity contribution < 1.29 is 27.8 Å². The third kappa shape index (κ3) is 6.00. The number of methoxy groups -OCH3 is 1. The highest BCUT2D eigenvalue weighted by Crippen LogP contribution is 2.41. The van der Waals surface area contributed by atoms with E-state index in [0.29, 0.717) is 32.8 Å². The molecule has 0 radical (unpaired) electrons. The smallest absolute Gasteiger partial charge is 0.387 e. The Kier molecular flexibility index (Phi) is 7.77. The molecule has 178 valence electrons. The molecule has 2 fully saturated rings. The van der Waals surface area contributed by atoms with Crippen LogP contribution in [0.1, 0.15) is 29.9 Å². The van der Waals surface area contributed by atoms with Crippen LogP contribution in [0.5, 0.6) is 11.5 Å². The number of morpholine rings is 1. The van der Waals surface area contributed by atoms with Crippen LogP contribution in [0.15, 0.2) is 48.5 Å². The number of hydrogen-bond acceptors (Lipinski definition) is 5. The van der Waals surface area contributed by atoms with Crippen molar-refractivity contribution >= 4 is 5.91 Å². The second-order valence-electron chi connectivity index (χ2n) is 8.50. The third-order valence-corrected chi connectivity index (χ3v) is 6.49. The fourth-order valence-corrected chi connectivity index (χ4v) is 4.77. The van der Waals surface area contributed by atoms with Crippen molar-refractivity contribution in [2.45, 2.75) is 38.0 Å². The Bertz CT molecular complexity index is 902. The SMILES string of the molecule is COc1ccc([C@H]2C[C@H](NCc3ccc(OC(F)F)cc3)C[C@@H]2C(=O)N2CCOCC2)cc1. The molecule has 0 bridgehead atoms. The van der Waals surface area contributed by atoms with Crippen molar-refractivity contribution in [2.75, 3.05) is 33.4 Å². The van der Waals surface area contributed by atoms with Crippen molar-refractivity contribution in [3.63, 3.8) is 0 Å². The Morgan fingerprint density at radius 2 is 1.73 bits per heavy atom. The van der Waals surface area contributed by atoms with E-state index in [1.54, 1.807) is 31.4 Å². The minimum absolute atomic E-state index is 0.101. The molecule has 4 rings (SSSR count). The first-order chi connectivity index (χ1) is 16.0. The van der Waals surface area contributed by atoms with Gasteiger partial charge in [0.05, 0.1) is 20.3 Å². The lowest BCUT2D eigenvalue weighted by Gasteiger charge is -2.31. The van der Waals surface area contributed by atoms with E-state index in [1.165, 1.54) is 0 Å². The summed E-state index contributed by atoms with van der Waals surface area (Å²) < 4.78 is 39.8. The summed E-state index contributed by atoms with van der Waals surface area (Å²) >= 11 is 0. The van der Waals surface area contributed by atoms with Crippen LogP contribution >= 0.6 is 0 Å². The number of nitrogens with one attached hydrogen (secondary N) is 1. The molecule has 8 heteroatoms.